The molecule has 3 fully saturated rings. The summed E-state index contributed by atoms with van der Waals surface area (Å²) in [7, 11) is 0. The molecule has 150 valence electrons. The fraction of sp³-hybridized carbons (Fsp3) is 0.550. The minimum absolute atomic E-state index is 0.0416. The van der Waals surface area contributed by atoms with Crippen molar-refractivity contribution in [3.05, 3.63) is 30.3 Å². The van der Waals surface area contributed by atoms with Crippen LogP contribution in [-0.4, -0.2) is 91.1 Å². The lowest BCUT2D eigenvalue weighted by atomic mass is 10.0. The third-order valence-corrected chi connectivity index (χ3v) is 5.73. The maximum absolute atomic E-state index is 12.8. The molecule has 4 rings (SSSR count). The van der Waals surface area contributed by atoms with Crippen LogP contribution in [0.1, 0.15) is 12.8 Å². The lowest BCUT2D eigenvalue weighted by Crippen LogP contribution is -2.50. The Hall–Kier alpha value is -2.45. The standard InChI is InChI=1S/C20H26N4O4/c25-18(22-10-12-28-13-11-22)14-21-8-6-16(7-9-21)23-15-19(26)24(20(23)27)17-4-2-1-3-5-17/h1-5,16H,6-15H2. The lowest BCUT2D eigenvalue weighted by Gasteiger charge is -2.37. The number of benzene rings is 1. The second-order valence-corrected chi connectivity index (χ2v) is 7.48. The van der Waals surface area contributed by atoms with Gasteiger partial charge in [0.05, 0.1) is 25.4 Å². The maximum Gasteiger partial charge on any atom is 0.332 e. The summed E-state index contributed by atoms with van der Waals surface area (Å²) in [6.07, 6.45) is 1.55. The molecular weight excluding hydrogens is 360 g/mol. The van der Waals surface area contributed by atoms with Gasteiger partial charge in [-0.1, -0.05) is 18.2 Å². The highest BCUT2D eigenvalue weighted by molar-refractivity contribution is 6.19. The minimum atomic E-state index is -0.237. The first-order valence-electron chi connectivity index (χ1n) is 9.90. The Kier molecular flexibility index (Phi) is 5.59. The molecule has 8 nitrogen and oxygen atoms in total. The summed E-state index contributed by atoms with van der Waals surface area (Å²) in [6, 6.07) is 8.86. The lowest BCUT2D eigenvalue weighted by molar-refractivity contribution is -0.136. The van der Waals surface area contributed by atoms with E-state index in [9.17, 15) is 14.4 Å². The van der Waals surface area contributed by atoms with Crippen LogP contribution < -0.4 is 4.90 Å². The van der Waals surface area contributed by atoms with E-state index in [-0.39, 0.29) is 30.4 Å². The first-order chi connectivity index (χ1) is 13.6. The zero-order chi connectivity index (χ0) is 19.5. The highest BCUT2D eigenvalue weighted by Gasteiger charge is 2.41. The van der Waals surface area contributed by atoms with Gasteiger partial charge in [0.2, 0.25) is 5.91 Å². The molecule has 0 aliphatic carbocycles. The molecule has 0 aromatic heterocycles. The molecule has 0 atom stereocenters. The third-order valence-electron chi connectivity index (χ3n) is 5.73. The molecule has 3 heterocycles. The molecule has 4 amide bonds. The average molecular weight is 386 g/mol. The number of hydrogen-bond donors (Lipinski definition) is 0. The fourth-order valence-corrected chi connectivity index (χ4v) is 4.13. The summed E-state index contributed by atoms with van der Waals surface area (Å²) in [6.45, 7) is 4.59. The Labute approximate surface area is 164 Å². The van der Waals surface area contributed by atoms with Crippen LogP contribution in [0.4, 0.5) is 10.5 Å². The molecular formula is C20H26N4O4. The van der Waals surface area contributed by atoms with Gasteiger partial charge >= 0.3 is 6.03 Å². The number of amides is 4. The fourth-order valence-electron chi connectivity index (χ4n) is 4.13. The zero-order valence-electron chi connectivity index (χ0n) is 16.0. The molecule has 1 aromatic carbocycles. The van der Waals surface area contributed by atoms with Crippen molar-refractivity contribution in [1.82, 2.24) is 14.7 Å². The summed E-state index contributed by atoms with van der Waals surface area (Å²) < 4.78 is 5.29. The van der Waals surface area contributed by atoms with Gasteiger partial charge in [-0.05, 0) is 25.0 Å². The quantitative estimate of drug-likeness (QED) is 0.715. The third kappa shape index (κ3) is 3.88. The van der Waals surface area contributed by atoms with E-state index in [4.69, 9.17) is 4.74 Å². The van der Waals surface area contributed by atoms with Crippen molar-refractivity contribution >= 4 is 23.5 Å². The number of morpholine rings is 1. The monoisotopic (exact) mass is 386 g/mol. The number of likely N-dealkylation sites (tertiary alicyclic amines) is 1. The highest BCUT2D eigenvalue weighted by Crippen LogP contribution is 2.26. The summed E-state index contributed by atoms with van der Waals surface area (Å²) in [5.74, 6) is -0.0365. The van der Waals surface area contributed by atoms with Gasteiger partial charge in [-0.25, -0.2) is 9.69 Å². The van der Waals surface area contributed by atoms with Crippen LogP contribution in [-0.2, 0) is 14.3 Å². The molecule has 3 aliphatic rings. The van der Waals surface area contributed by atoms with Crippen LogP contribution in [0.25, 0.3) is 0 Å². The Morgan fingerprint density at radius 2 is 1.68 bits per heavy atom. The normalized spacial score (nSPS) is 22.2. The molecule has 0 spiro atoms. The number of rotatable bonds is 4. The van der Waals surface area contributed by atoms with E-state index in [0.29, 0.717) is 38.5 Å². The second-order valence-electron chi connectivity index (χ2n) is 7.48. The van der Waals surface area contributed by atoms with E-state index in [0.717, 1.165) is 25.9 Å². The number of carbonyl (C=O) groups excluding carboxylic acids is 3. The number of piperidine rings is 1. The Morgan fingerprint density at radius 3 is 2.36 bits per heavy atom. The molecule has 0 N–H and O–H groups in total. The van der Waals surface area contributed by atoms with Crippen molar-refractivity contribution in [2.75, 3.05) is 57.4 Å². The highest BCUT2D eigenvalue weighted by atomic mass is 16.5. The van der Waals surface area contributed by atoms with Gasteiger partial charge < -0.3 is 14.5 Å². The molecule has 0 unspecified atom stereocenters. The molecule has 3 saturated heterocycles. The Bertz CT molecular complexity index is 727. The van der Waals surface area contributed by atoms with Crippen molar-refractivity contribution in [3.8, 4) is 0 Å². The first-order valence-corrected chi connectivity index (χ1v) is 9.90. The van der Waals surface area contributed by atoms with Crippen LogP contribution in [0, 0.1) is 0 Å². The molecule has 8 heteroatoms. The van der Waals surface area contributed by atoms with E-state index >= 15 is 0 Å². The summed E-state index contributed by atoms with van der Waals surface area (Å²) in [5.41, 5.74) is 0.619. The number of imide groups is 1. The van der Waals surface area contributed by atoms with Crippen LogP contribution >= 0.6 is 0 Å². The smallest absolute Gasteiger partial charge is 0.332 e. The number of para-hydroxylation sites is 1. The summed E-state index contributed by atoms with van der Waals surface area (Å²) in [4.78, 5) is 44.6. The van der Waals surface area contributed by atoms with Gasteiger partial charge in [0, 0.05) is 32.2 Å². The SMILES string of the molecule is O=C(CN1CCC(N2CC(=O)N(c3ccccc3)C2=O)CC1)N1CCOCC1. The number of anilines is 1. The van der Waals surface area contributed by atoms with E-state index < -0.39 is 0 Å². The minimum Gasteiger partial charge on any atom is -0.378 e. The van der Waals surface area contributed by atoms with Crippen molar-refractivity contribution < 1.29 is 19.1 Å². The number of urea groups is 1. The number of ether oxygens (including phenoxy) is 1. The first kappa shape index (κ1) is 18.9. The maximum atomic E-state index is 12.8. The van der Waals surface area contributed by atoms with Crippen LogP contribution in [0.3, 0.4) is 0 Å². The van der Waals surface area contributed by atoms with Crippen molar-refractivity contribution in [1.29, 1.82) is 0 Å². The molecule has 1 aromatic rings. The van der Waals surface area contributed by atoms with Crippen LogP contribution in [0.2, 0.25) is 0 Å². The van der Waals surface area contributed by atoms with Crippen molar-refractivity contribution in [3.63, 3.8) is 0 Å². The van der Waals surface area contributed by atoms with Crippen LogP contribution in [0.15, 0.2) is 30.3 Å². The van der Waals surface area contributed by atoms with Crippen LogP contribution in [0.5, 0.6) is 0 Å². The van der Waals surface area contributed by atoms with Gasteiger partial charge in [0.25, 0.3) is 5.91 Å². The topological polar surface area (TPSA) is 73.4 Å². The largest absolute Gasteiger partial charge is 0.378 e. The van der Waals surface area contributed by atoms with E-state index in [1.807, 2.05) is 23.1 Å². The van der Waals surface area contributed by atoms with Gasteiger partial charge in [0.1, 0.15) is 6.54 Å². The molecule has 0 bridgehead atoms. The number of carbonyl (C=O) groups is 3. The molecule has 0 radical (unpaired) electrons. The van der Waals surface area contributed by atoms with Crippen molar-refractivity contribution in [2.24, 2.45) is 0 Å². The predicted molar refractivity (Wildman–Crippen MR) is 103 cm³/mol. The second kappa shape index (κ2) is 8.28. The van der Waals surface area contributed by atoms with E-state index in [2.05, 4.69) is 4.90 Å². The molecule has 3 aliphatic heterocycles. The number of nitrogens with zero attached hydrogens (tertiary/aromatic N) is 4. The molecule has 0 saturated carbocycles. The molecule has 28 heavy (non-hydrogen) atoms. The van der Waals surface area contributed by atoms with Gasteiger partial charge in [-0.3, -0.25) is 14.5 Å². The van der Waals surface area contributed by atoms with Gasteiger partial charge in [0.15, 0.2) is 0 Å². The zero-order valence-corrected chi connectivity index (χ0v) is 16.0. The van der Waals surface area contributed by atoms with E-state index in [1.54, 1.807) is 17.0 Å². The summed E-state index contributed by atoms with van der Waals surface area (Å²) in [5, 5.41) is 0. The average Bonchev–Trinajstić information content (AvgIpc) is 3.04. The predicted octanol–water partition coefficient (Wildman–Crippen LogP) is 0.778. The van der Waals surface area contributed by atoms with E-state index in [1.165, 1.54) is 4.90 Å². The number of hydrogen-bond acceptors (Lipinski definition) is 5. The Balaban J connectivity index is 1.31. The van der Waals surface area contributed by atoms with Gasteiger partial charge in [-0.2, -0.15) is 0 Å². The Morgan fingerprint density at radius 1 is 1.00 bits per heavy atom. The van der Waals surface area contributed by atoms with Crippen molar-refractivity contribution in [2.45, 2.75) is 18.9 Å². The summed E-state index contributed by atoms with van der Waals surface area (Å²) >= 11 is 0. The van der Waals surface area contributed by atoms with Gasteiger partial charge in [-0.15, -0.1) is 0 Å².